The number of allylic oxidation sites excluding steroid dienone is 3. The third-order valence-corrected chi connectivity index (χ3v) is 8.05. The molecule has 0 heterocycles. The Morgan fingerprint density at radius 2 is 0.857 bits per heavy atom. The van der Waals surface area contributed by atoms with Crippen LogP contribution in [-0.2, 0) is 0 Å². The number of methoxy groups -OCH3 is 3. The van der Waals surface area contributed by atoms with Crippen molar-refractivity contribution in [2.24, 2.45) is 22.0 Å². The van der Waals surface area contributed by atoms with Crippen molar-refractivity contribution < 1.29 is 14.2 Å². The number of nitrogens with two attached hydrogens (primary N) is 1. The lowest BCUT2D eigenvalue weighted by molar-refractivity contribution is 0.413. The quantitative estimate of drug-likeness (QED) is 0.157. The first kappa shape index (κ1) is 65.5. The fourth-order valence-electron chi connectivity index (χ4n) is 4.51. The molecule has 0 aliphatic carbocycles. The molecule has 0 amide bonds. The summed E-state index contributed by atoms with van der Waals surface area (Å²) in [6, 6.07) is 24.7. The Kier molecular flexibility index (Phi) is 37.7. The molecular formula is C54H80BrCl2N3O3. The summed E-state index contributed by atoms with van der Waals surface area (Å²) in [6.07, 6.45) is 9.71. The molecule has 350 valence electrons. The van der Waals surface area contributed by atoms with Crippen LogP contribution < -0.4 is 30.6 Å². The van der Waals surface area contributed by atoms with E-state index < -0.39 is 0 Å². The third-order valence-electron chi connectivity index (χ3n) is 7.78. The second-order valence-corrected chi connectivity index (χ2v) is 17.6. The van der Waals surface area contributed by atoms with Gasteiger partial charge in [-0.3, -0.25) is 0 Å². The van der Waals surface area contributed by atoms with Crippen molar-refractivity contribution in [3.8, 4) is 52.8 Å². The minimum absolute atomic E-state index is 0. The molecule has 0 unspecified atom stereocenters. The Labute approximate surface area is 406 Å². The minimum atomic E-state index is 0. The van der Waals surface area contributed by atoms with Gasteiger partial charge in [0.25, 0.3) is 0 Å². The molecule has 0 aliphatic heterocycles. The third kappa shape index (κ3) is 37.0. The average molecular weight is 970 g/mol. The predicted octanol–water partition coefficient (Wildman–Crippen LogP) is 14.0. The summed E-state index contributed by atoms with van der Waals surface area (Å²) in [6.45, 7) is 26.7. The van der Waals surface area contributed by atoms with Gasteiger partial charge in [-0.15, -0.1) is 24.8 Å². The molecule has 4 N–H and O–H groups in total. The first-order valence-electron chi connectivity index (χ1n) is 20.4. The van der Waals surface area contributed by atoms with Gasteiger partial charge in [-0.2, -0.15) is 0 Å². The molecule has 0 aliphatic rings. The Morgan fingerprint density at radius 3 is 1.14 bits per heavy atom. The van der Waals surface area contributed by atoms with Gasteiger partial charge in [0.1, 0.15) is 17.2 Å². The highest BCUT2D eigenvalue weighted by Gasteiger charge is 2.07. The van der Waals surface area contributed by atoms with Crippen LogP contribution >= 0.6 is 40.7 Å². The van der Waals surface area contributed by atoms with Gasteiger partial charge in [-0.05, 0) is 159 Å². The summed E-state index contributed by atoms with van der Waals surface area (Å²) in [5.41, 5.74) is 9.46. The van der Waals surface area contributed by atoms with Gasteiger partial charge >= 0.3 is 0 Å². The highest BCUT2D eigenvalue weighted by Crippen LogP contribution is 2.20. The number of ether oxygens (including phenoxy) is 3. The average Bonchev–Trinajstić information content (AvgIpc) is 3.20. The Bertz CT molecular complexity index is 1840. The van der Waals surface area contributed by atoms with Crippen molar-refractivity contribution in [3.63, 3.8) is 0 Å². The van der Waals surface area contributed by atoms with Crippen molar-refractivity contribution in [2.75, 3.05) is 34.4 Å². The van der Waals surface area contributed by atoms with Gasteiger partial charge in [0.05, 0.1) is 21.3 Å². The minimum Gasteiger partial charge on any atom is -0.497 e. The van der Waals surface area contributed by atoms with E-state index in [1.165, 1.54) is 11.1 Å². The van der Waals surface area contributed by atoms with Gasteiger partial charge in [-0.1, -0.05) is 107 Å². The molecule has 9 heteroatoms. The van der Waals surface area contributed by atoms with Crippen LogP contribution in [0.25, 0.3) is 0 Å². The highest BCUT2D eigenvalue weighted by atomic mass is 79.9. The summed E-state index contributed by atoms with van der Waals surface area (Å²) in [7, 11) is 5.03. The molecule has 3 aromatic rings. The van der Waals surface area contributed by atoms with Crippen molar-refractivity contribution in [1.82, 2.24) is 10.6 Å². The first-order valence-corrected chi connectivity index (χ1v) is 21.3. The Balaban J connectivity index is -0.000000381. The zero-order valence-corrected chi connectivity index (χ0v) is 43.3. The topological polar surface area (TPSA) is 77.8 Å². The van der Waals surface area contributed by atoms with Crippen LogP contribution in [0.15, 0.2) is 108 Å². The van der Waals surface area contributed by atoms with Crippen LogP contribution in [0.3, 0.4) is 0 Å². The lowest BCUT2D eigenvalue weighted by Gasteiger charge is -2.13. The zero-order chi connectivity index (χ0) is 45.6. The smallest absolute Gasteiger partial charge is 0.119 e. The second kappa shape index (κ2) is 36.3. The Morgan fingerprint density at radius 1 is 0.556 bits per heavy atom. The van der Waals surface area contributed by atoms with Crippen LogP contribution in [0.4, 0.5) is 0 Å². The number of nitrogens with one attached hydrogen (secondary N) is 2. The van der Waals surface area contributed by atoms with Crippen LogP contribution in [0.2, 0.25) is 0 Å². The maximum atomic E-state index is 5.68. The second-order valence-electron chi connectivity index (χ2n) is 17.0. The van der Waals surface area contributed by atoms with Gasteiger partial charge in [0, 0.05) is 47.5 Å². The molecule has 6 nitrogen and oxygen atoms in total. The lowest BCUT2D eigenvalue weighted by Crippen LogP contribution is -2.18. The first-order chi connectivity index (χ1) is 28.1. The molecule has 3 atom stereocenters. The van der Waals surface area contributed by atoms with Crippen LogP contribution in [0.5, 0.6) is 17.2 Å². The van der Waals surface area contributed by atoms with Crippen molar-refractivity contribution >= 4 is 40.7 Å². The summed E-state index contributed by atoms with van der Waals surface area (Å²) >= 11 is 3.13. The maximum Gasteiger partial charge on any atom is 0.119 e. The fraction of sp³-hybridized carbons (Fsp3) is 0.444. The molecule has 0 fully saturated rings. The summed E-state index contributed by atoms with van der Waals surface area (Å²) in [5, 5.41) is 6.88. The molecule has 0 radical (unpaired) electrons. The summed E-state index contributed by atoms with van der Waals surface area (Å²) in [4.78, 5) is 1.76. The predicted molar refractivity (Wildman–Crippen MR) is 284 cm³/mol. The molecule has 3 aromatic carbocycles. The number of benzene rings is 3. The van der Waals surface area contributed by atoms with E-state index in [0.29, 0.717) is 0 Å². The summed E-state index contributed by atoms with van der Waals surface area (Å²) < 4.78 is 15.5. The number of rotatable bonds is 12. The lowest BCUT2D eigenvalue weighted by atomic mass is 9.98. The van der Waals surface area contributed by atoms with Crippen molar-refractivity contribution in [1.29, 1.82) is 0 Å². The van der Waals surface area contributed by atoms with E-state index in [-0.39, 0.29) is 66.6 Å². The van der Waals surface area contributed by atoms with E-state index in [2.05, 4.69) is 175 Å². The molecule has 3 rings (SSSR count). The van der Waals surface area contributed by atoms with Crippen LogP contribution in [-0.4, -0.2) is 34.4 Å². The molecule has 0 spiro atoms. The number of hydrogen-bond donors (Lipinski definition) is 3. The molecule has 0 saturated carbocycles. The monoisotopic (exact) mass is 967 g/mol. The maximum absolute atomic E-state index is 5.68. The van der Waals surface area contributed by atoms with E-state index in [1.54, 1.807) is 32.4 Å². The number of hydrogen-bond acceptors (Lipinski definition) is 6. The largest absolute Gasteiger partial charge is 0.497 e. The zero-order valence-electron chi connectivity index (χ0n) is 40.0. The van der Waals surface area contributed by atoms with E-state index in [1.807, 2.05) is 67.6 Å². The van der Waals surface area contributed by atoms with E-state index >= 15 is 0 Å². The van der Waals surface area contributed by atoms with E-state index in [0.717, 1.165) is 35.9 Å². The van der Waals surface area contributed by atoms with Gasteiger partial charge in [-0.25, -0.2) is 0 Å². The van der Waals surface area contributed by atoms with E-state index in [9.17, 15) is 0 Å². The Hall–Kier alpha value is -4.10. The standard InChI is InChI=1S/2C18H25NO.C9H13NO.C8H11Br.CH4.2ClH/c2*1-15(16-10-9-11-17(14-16)20-5)19-13-8-6-7-12-18(2,3)4;1-7(10)8-4-3-5-9(6-8)11-2;1-8(2,3)6-4-5-7-9;;;/h2*6,8-11,14-15,19H,13H2,1-5H3;3-7H,10H2,1-2H3;5,7H,1-3H3;1H4;2*1H/b8-6+;8-6-;;;;;/t2*15-;7-;;;;/m111..../s1. The molecular weight excluding hydrogens is 889 g/mol. The van der Waals surface area contributed by atoms with Gasteiger partial charge in [0.2, 0.25) is 0 Å². The number of halogens is 3. The molecule has 0 aromatic heterocycles. The van der Waals surface area contributed by atoms with Gasteiger partial charge < -0.3 is 30.6 Å². The van der Waals surface area contributed by atoms with Crippen LogP contribution in [0.1, 0.15) is 125 Å². The van der Waals surface area contributed by atoms with Crippen molar-refractivity contribution in [2.45, 2.75) is 109 Å². The molecule has 63 heavy (non-hydrogen) atoms. The fourth-order valence-corrected chi connectivity index (χ4v) is 4.65. The SMILES string of the molecule is C.CC(C)(C)C#CC=CBr.COc1cccc([C@@H](C)N)c1.COc1cccc([C@@H](C)NC/C=C/C#CC(C)(C)C)c1.COc1cccc([C@@H](C)NC/C=C\C#CC(C)(C)C)c1.Cl.Cl. The highest BCUT2D eigenvalue weighted by molar-refractivity contribution is 9.11. The molecule has 0 saturated heterocycles. The van der Waals surface area contributed by atoms with E-state index in [4.69, 9.17) is 19.9 Å². The van der Waals surface area contributed by atoms with Crippen molar-refractivity contribution in [3.05, 3.63) is 125 Å². The van der Waals surface area contributed by atoms with Crippen LogP contribution in [0, 0.1) is 51.8 Å². The molecule has 0 bridgehead atoms. The van der Waals surface area contributed by atoms with Gasteiger partial charge in [0.15, 0.2) is 0 Å². The summed E-state index contributed by atoms with van der Waals surface area (Å²) in [5.74, 6) is 21.1. The normalized spacial score (nSPS) is 12.0.